The van der Waals surface area contributed by atoms with Crippen molar-refractivity contribution in [2.75, 3.05) is 16.0 Å². The Labute approximate surface area is 147 Å². The van der Waals surface area contributed by atoms with Gasteiger partial charge in [-0.25, -0.2) is 4.98 Å². The number of aromatic nitrogens is 1. The molecular formula is C19H23N3OS. The number of carbonyl (C=O) groups is 1. The highest BCUT2D eigenvalue weighted by atomic mass is 32.2. The maximum atomic E-state index is 12.9. The molecule has 5 heteroatoms. The Morgan fingerprint density at radius 3 is 2.88 bits per heavy atom. The molecule has 24 heavy (non-hydrogen) atoms. The molecule has 1 aliphatic rings. The van der Waals surface area contributed by atoms with Gasteiger partial charge in [0.1, 0.15) is 6.04 Å². The van der Waals surface area contributed by atoms with Gasteiger partial charge in [-0.1, -0.05) is 25.1 Å². The van der Waals surface area contributed by atoms with Gasteiger partial charge in [0.15, 0.2) is 0 Å². The molecule has 0 unspecified atom stereocenters. The molecule has 0 aliphatic carbocycles. The number of benzene rings is 1. The first-order valence-electron chi connectivity index (χ1n) is 8.36. The van der Waals surface area contributed by atoms with E-state index in [1.165, 1.54) is 5.56 Å². The Morgan fingerprint density at radius 1 is 1.38 bits per heavy atom. The summed E-state index contributed by atoms with van der Waals surface area (Å²) in [5, 5.41) is 4.28. The molecule has 2 heterocycles. The second-order valence-corrected chi connectivity index (χ2v) is 7.36. The number of thioether (sulfide) groups is 1. The lowest BCUT2D eigenvalue weighted by atomic mass is 10.1. The van der Waals surface area contributed by atoms with Crippen molar-refractivity contribution in [1.82, 2.24) is 4.98 Å². The summed E-state index contributed by atoms with van der Waals surface area (Å²) in [5.74, 6) is 1.10. The maximum absolute atomic E-state index is 12.9. The van der Waals surface area contributed by atoms with Crippen molar-refractivity contribution in [3.63, 3.8) is 0 Å². The third kappa shape index (κ3) is 3.41. The van der Waals surface area contributed by atoms with Crippen molar-refractivity contribution >= 4 is 29.0 Å². The van der Waals surface area contributed by atoms with Gasteiger partial charge in [-0.05, 0) is 49.8 Å². The van der Waals surface area contributed by atoms with Crippen molar-refractivity contribution in [2.24, 2.45) is 0 Å². The largest absolute Gasteiger partial charge is 0.373 e. The second kappa shape index (κ2) is 7.26. The molecule has 0 saturated carbocycles. The van der Waals surface area contributed by atoms with Crippen molar-refractivity contribution in [2.45, 2.75) is 44.3 Å². The zero-order valence-electron chi connectivity index (χ0n) is 14.3. The van der Waals surface area contributed by atoms with Crippen LogP contribution in [0.5, 0.6) is 0 Å². The van der Waals surface area contributed by atoms with Gasteiger partial charge in [0.2, 0.25) is 5.91 Å². The molecule has 1 aromatic heterocycles. The molecule has 4 nitrogen and oxygen atoms in total. The van der Waals surface area contributed by atoms with Crippen molar-refractivity contribution in [3.8, 4) is 0 Å². The summed E-state index contributed by atoms with van der Waals surface area (Å²) in [5.41, 5.74) is 3.15. The lowest BCUT2D eigenvalue weighted by molar-refractivity contribution is -0.119. The molecule has 126 valence electrons. The van der Waals surface area contributed by atoms with E-state index in [2.05, 4.69) is 30.2 Å². The van der Waals surface area contributed by atoms with E-state index in [0.29, 0.717) is 0 Å². The second-order valence-electron chi connectivity index (χ2n) is 6.07. The van der Waals surface area contributed by atoms with Gasteiger partial charge in [-0.15, -0.1) is 11.8 Å². The summed E-state index contributed by atoms with van der Waals surface area (Å²) >= 11 is 1.71. The minimum atomic E-state index is -0.301. The molecule has 0 saturated heterocycles. The van der Waals surface area contributed by atoms with E-state index < -0.39 is 0 Å². The van der Waals surface area contributed by atoms with Crippen LogP contribution in [-0.2, 0) is 11.2 Å². The van der Waals surface area contributed by atoms with Crippen molar-refractivity contribution in [3.05, 3.63) is 48.2 Å². The van der Waals surface area contributed by atoms with Crippen LogP contribution >= 0.6 is 11.8 Å². The minimum absolute atomic E-state index is 0.0967. The van der Waals surface area contributed by atoms with Gasteiger partial charge >= 0.3 is 0 Å². The Balaban J connectivity index is 1.71. The zero-order chi connectivity index (χ0) is 17.1. The van der Waals surface area contributed by atoms with E-state index in [1.807, 2.05) is 42.2 Å². The maximum Gasteiger partial charge on any atom is 0.249 e. The van der Waals surface area contributed by atoms with Gasteiger partial charge < -0.3 is 10.2 Å². The summed E-state index contributed by atoms with van der Waals surface area (Å²) < 4.78 is 0. The van der Waals surface area contributed by atoms with E-state index in [0.717, 1.165) is 28.6 Å². The first-order chi connectivity index (χ1) is 11.6. The van der Waals surface area contributed by atoms with Gasteiger partial charge in [0.25, 0.3) is 0 Å². The van der Waals surface area contributed by atoms with Crippen LogP contribution in [0.3, 0.4) is 0 Å². The standard InChI is InChI=1S/C19H23N3OS/c1-4-24-18-10-9-16(12-20-18)21-14(3)19(23)22-13(2)11-15-7-5-6-8-17(15)22/h5-10,12-14,21H,4,11H2,1-3H3/t13-,14-/m1/s1. The highest BCUT2D eigenvalue weighted by molar-refractivity contribution is 7.99. The monoisotopic (exact) mass is 341 g/mol. The lowest BCUT2D eigenvalue weighted by Crippen LogP contribution is -2.44. The van der Waals surface area contributed by atoms with Crippen LogP contribution in [0.2, 0.25) is 0 Å². The Bertz CT molecular complexity index is 717. The van der Waals surface area contributed by atoms with Crippen LogP contribution in [0, 0.1) is 0 Å². The Hall–Kier alpha value is -2.01. The predicted octanol–water partition coefficient (Wildman–Crippen LogP) is 3.97. The number of carbonyl (C=O) groups excluding carboxylic acids is 1. The molecule has 2 aromatic rings. The average molecular weight is 341 g/mol. The number of pyridine rings is 1. The molecule has 1 N–H and O–H groups in total. The molecule has 0 fully saturated rings. The summed E-state index contributed by atoms with van der Waals surface area (Å²) in [6.07, 6.45) is 2.71. The van der Waals surface area contributed by atoms with E-state index >= 15 is 0 Å². The number of fused-ring (bicyclic) bond motifs is 1. The van der Waals surface area contributed by atoms with Gasteiger partial charge in [0, 0.05) is 11.7 Å². The number of nitrogens with one attached hydrogen (secondary N) is 1. The van der Waals surface area contributed by atoms with Gasteiger partial charge in [0.05, 0.1) is 16.9 Å². The average Bonchev–Trinajstić information content (AvgIpc) is 2.92. The number of rotatable bonds is 5. The first kappa shape index (κ1) is 16.8. The molecule has 0 spiro atoms. The van der Waals surface area contributed by atoms with Crippen LogP contribution in [0.4, 0.5) is 11.4 Å². The predicted molar refractivity (Wildman–Crippen MR) is 101 cm³/mol. The molecule has 0 bridgehead atoms. The van der Waals surface area contributed by atoms with Crippen molar-refractivity contribution < 1.29 is 4.79 Å². The number of nitrogens with zero attached hydrogens (tertiary/aromatic N) is 2. The Morgan fingerprint density at radius 2 is 2.17 bits per heavy atom. The number of hydrogen-bond acceptors (Lipinski definition) is 4. The fourth-order valence-corrected chi connectivity index (χ4v) is 3.71. The quantitative estimate of drug-likeness (QED) is 0.836. The fraction of sp³-hybridized carbons (Fsp3) is 0.368. The molecule has 2 atom stereocenters. The van der Waals surface area contributed by atoms with E-state index in [1.54, 1.807) is 18.0 Å². The summed E-state index contributed by atoms with van der Waals surface area (Å²) in [4.78, 5) is 19.3. The number of amides is 1. The molecule has 1 amide bonds. The molecule has 1 aromatic carbocycles. The number of anilines is 2. The lowest BCUT2D eigenvalue weighted by Gasteiger charge is -2.27. The molecular weight excluding hydrogens is 318 g/mol. The van der Waals surface area contributed by atoms with E-state index in [4.69, 9.17) is 0 Å². The minimum Gasteiger partial charge on any atom is -0.373 e. The van der Waals surface area contributed by atoms with Crippen molar-refractivity contribution in [1.29, 1.82) is 0 Å². The topological polar surface area (TPSA) is 45.2 Å². The third-order valence-electron chi connectivity index (χ3n) is 4.23. The zero-order valence-corrected chi connectivity index (χ0v) is 15.1. The van der Waals surface area contributed by atoms with Crippen LogP contribution < -0.4 is 10.2 Å². The van der Waals surface area contributed by atoms with E-state index in [9.17, 15) is 4.79 Å². The summed E-state index contributed by atoms with van der Waals surface area (Å²) in [7, 11) is 0. The summed E-state index contributed by atoms with van der Waals surface area (Å²) in [6, 6.07) is 12.0. The van der Waals surface area contributed by atoms with Crippen LogP contribution in [0.1, 0.15) is 26.3 Å². The highest BCUT2D eigenvalue weighted by Gasteiger charge is 2.32. The number of hydrogen-bond donors (Lipinski definition) is 1. The van der Waals surface area contributed by atoms with Crippen LogP contribution in [-0.4, -0.2) is 28.7 Å². The SMILES string of the molecule is CCSc1ccc(N[C@H](C)C(=O)N2c3ccccc3C[C@H]2C)cn1. The normalized spacial score (nSPS) is 17.5. The summed E-state index contributed by atoms with van der Waals surface area (Å²) in [6.45, 7) is 6.11. The molecule has 0 radical (unpaired) electrons. The first-order valence-corrected chi connectivity index (χ1v) is 9.35. The molecule has 1 aliphatic heterocycles. The Kier molecular flexibility index (Phi) is 5.09. The molecule has 3 rings (SSSR count). The fourth-order valence-electron chi connectivity index (χ4n) is 3.12. The van der Waals surface area contributed by atoms with Gasteiger partial charge in [-0.3, -0.25) is 4.79 Å². The smallest absolute Gasteiger partial charge is 0.249 e. The van der Waals surface area contributed by atoms with E-state index in [-0.39, 0.29) is 18.0 Å². The highest BCUT2D eigenvalue weighted by Crippen LogP contribution is 2.32. The van der Waals surface area contributed by atoms with Crippen LogP contribution in [0.25, 0.3) is 0 Å². The third-order valence-corrected chi connectivity index (χ3v) is 5.05. The van der Waals surface area contributed by atoms with Gasteiger partial charge in [-0.2, -0.15) is 0 Å². The number of para-hydroxylation sites is 1. The van der Waals surface area contributed by atoms with Crippen LogP contribution in [0.15, 0.2) is 47.6 Å².